The van der Waals surface area contributed by atoms with Gasteiger partial charge in [-0.25, -0.2) is 4.98 Å². The minimum absolute atomic E-state index is 0.176. The van der Waals surface area contributed by atoms with Crippen molar-refractivity contribution in [3.63, 3.8) is 0 Å². The molecule has 0 N–H and O–H groups in total. The van der Waals surface area contributed by atoms with Crippen molar-refractivity contribution in [1.82, 2.24) is 4.98 Å². The van der Waals surface area contributed by atoms with Crippen LogP contribution in [0.1, 0.15) is 19.4 Å². The molecule has 0 bridgehead atoms. The molecule has 0 aliphatic heterocycles. The van der Waals surface area contributed by atoms with Gasteiger partial charge in [-0.2, -0.15) is 0 Å². The third kappa shape index (κ3) is 6.84. The molecule has 0 radical (unpaired) electrons. The molecule has 0 spiro atoms. The Morgan fingerprint density at radius 1 is 1.00 bits per heavy atom. The van der Waals surface area contributed by atoms with E-state index in [4.69, 9.17) is 28.2 Å². The van der Waals surface area contributed by atoms with Crippen molar-refractivity contribution in [3.8, 4) is 16.3 Å². The third-order valence-electron chi connectivity index (χ3n) is 4.33. The first-order valence-corrected chi connectivity index (χ1v) is 12.7. The fourth-order valence-corrected chi connectivity index (χ4v) is 5.63. The minimum atomic E-state index is -3.12. The summed E-state index contributed by atoms with van der Waals surface area (Å²) in [5.41, 5.74) is 2.81. The predicted molar refractivity (Wildman–Crippen MR) is 123 cm³/mol. The lowest BCUT2D eigenvalue weighted by molar-refractivity contribution is -0.00840. The van der Waals surface area contributed by atoms with E-state index in [1.807, 2.05) is 56.3 Å². The summed E-state index contributed by atoms with van der Waals surface area (Å²) in [6, 6.07) is 13.6. The van der Waals surface area contributed by atoms with Crippen molar-refractivity contribution in [2.24, 2.45) is 0 Å². The lowest BCUT2D eigenvalue weighted by atomic mass is 10.2. The highest BCUT2D eigenvalue weighted by Crippen LogP contribution is 2.51. The van der Waals surface area contributed by atoms with E-state index in [2.05, 4.69) is 0 Å². The van der Waals surface area contributed by atoms with Gasteiger partial charge < -0.3 is 23.3 Å². The van der Waals surface area contributed by atoms with Crippen LogP contribution in [0.5, 0.6) is 5.75 Å². The predicted octanol–water partition coefficient (Wildman–Crippen LogP) is 5.73. The van der Waals surface area contributed by atoms with Gasteiger partial charge in [0.2, 0.25) is 0 Å². The SMILES string of the molecule is CCOP(=O)(Cc1ccc(-c2nc3ccc(OCOCCOC)cc3s2)cc1)OCC. The van der Waals surface area contributed by atoms with Crippen molar-refractivity contribution in [3.05, 3.63) is 48.0 Å². The van der Waals surface area contributed by atoms with Gasteiger partial charge in [-0.1, -0.05) is 24.3 Å². The molecule has 2 aromatic carbocycles. The van der Waals surface area contributed by atoms with Gasteiger partial charge in [0.25, 0.3) is 0 Å². The number of aromatic nitrogens is 1. The molecule has 0 unspecified atom stereocenters. The summed E-state index contributed by atoms with van der Waals surface area (Å²) in [6.45, 7) is 5.53. The van der Waals surface area contributed by atoms with Crippen molar-refractivity contribution >= 4 is 29.1 Å². The van der Waals surface area contributed by atoms with Gasteiger partial charge in [-0.15, -0.1) is 11.3 Å². The van der Waals surface area contributed by atoms with E-state index < -0.39 is 7.60 Å². The van der Waals surface area contributed by atoms with E-state index in [9.17, 15) is 4.57 Å². The van der Waals surface area contributed by atoms with Crippen LogP contribution in [0.25, 0.3) is 20.8 Å². The number of benzene rings is 2. The number of ether oxygens (including phenoxy) is 3. The molecule has 3 rings (SSSR count). The first kappa shape index (κ1) is 23.9. The number of methoxy groups -OCH3 is 1. The Balaban J connectivity index is 1.68. The van der Waals surface area contributed by atoms with E-state index in [-0.39, 0.29) is 13.0 Å². The van der Waals surface area contributed by atoms with Gasteiger partial charge >= 0.3 is 7.60 Å². The molecule has 0 saturated carbocycles. The molecule has 1 heterocycles. The highest BCUT2D eigenvalue weighted by atomic mass is 32.1. The zero-order valence-electron chi connectivity index (χ0n) is 18.0. The summed E-state index contributed by atoms with van der Waals surface area (Å²) >= 11 is 1.59. The van der Waals surface area contributed by atoms with E-state index in [1.165, 1.54) is 0 Å². The highest BCUT2D eigenvalue weighted by Gasteiger charge is 2.24. The Morgan fingerprint density at radius 3 is 2.42 bits per heavy atom. The van der Waals surface area contributed by atoms with E-state index >= 15 is 0 Å². The maximum absolute atomic E-state index is 12.7. The fourth-order valence-electron chi connectivity index (χ4n) is 2.93. The zero-order chi connectivity index (χ0) is 22.1. The first-order chi connectivity index (χ1) is 15.1. The zero-order valence-corrected chi connectivity index (χ0v) is 19.7. The Labute approximate surface area is 186 Å². The van der Waals surface area contributed by atoms with Gasteiger partial charge in [-0.3, -0.25) is 4.57 Å². The standard InChI is InChI=1S/C22H28NO6PS/c1-4-28-30(24,29-5-2)15-17-6-8-18(9-7-17)22-23-20-11-10-19(14-21(20)31-22)27-16-26-13-12-25-3/h6-11,14H,4-5,12-13,15-16H2,1-3H3. The Morgan fingerprint density at radius 2 is 1.74 bits per heavy atom. The van der Waals surface area contributed by atoms with Crippen molar-refractivity contribution in [2.45, 2.75) is 20.0 Å². The molecule has 0 saturated heterocycles. The van der Waals surface area contributed by atoms with Gasteiger partial charge in [0.1, 0.15) is 10.8 Å². The van der Waals surface area contributed by atoms with Crippen LogP contribution < -0.4 is 4.74 Å². The van der Waals surface area contributed by atoms with Crippen LogP contribution in [-0.2, 0) is 29.2 Å². The quantitative estimate of drug-likeness (QED) is 0.181. The normalized spacial score (nSPS) is 11.8. The molecule has 7 nitrogen and oxygen atoms in total. The Kier molecular flexibility index (Phi) is 9.02. The van der Waals surface area contributed by atoms with Gasteiger partial charge in [-0.05, 0) is 37.6 Å². The van der Waals surface area contributed by atoms with Crippen molar-refractivity contribution < 1.29 is 27.8 Å². The van der Waals surface area contributed by atoms with Gasteiger partial charge in [0, 0.05) is 12.7 Å². The molecular formula is C22H28NO6PS. The number of thiazole rings is 1. The molecule has 0 atom stereocenters. The summed E-state index contributed by atoms with van der Waals surface area (Å²) in [6.07, 6.45) is 0.252. The average molecular weight is 466 g/mol. The second kappa shape index (κ2) is 11.7. The second-order valence-electron chi connectivity index (χ2n) is 6.61. The fraction of sp³-hybridized carbons (Fsp3) is 0.409. The number of fused-ring (bicyclic) bond motifs is 1. The largest absolute Gasteiger partial charge is 0.468 e. The highest BCUT2D eigenvalue weighted by molar-refractivity contribution is 7.53. The summed E-state index contributed by atoms with van der Waals surface area (Å²) in [5.74, 6) is 0.734. The minimum Gasteiger partial charge on any atom is -0.468 e. The molecule has 0 aliphatic carbocycles. The van der Waals surface area contributed by atoms with E-state index in [0.717, 1.165) is 32.1 Å². The van der Waals surface area contributed by atoms with E-state index in [1.54, 1.807) is 18.4 Å². The van der Waals surface area contributed by atoms with Crippen LogP contribution >= 0.6 is 18.9 Å². The summed E-state index contributed by atoms with van der Waals surface area (Å²) in [4.78, 5) is 4.72. The average Bonchev–Trinajstić information content (AvgIpc) is 3.18. The first-order valence-electron chi connectivity index (χ1n) is 10.1. The molecule has 1 aromatic heterocycles. The van der Waals surface area contributed by atoms with Crippen LogP contribution in [0.3, 0.4) is 0 Å². The molecular weight excluding hydrogens is 437 g/mol. The topological polar surface area (TPSA) is 76.1 Å². The van der Waals surface area contributed by atoms with Gasteiger partial charge in [0.15, 0.2) is 6.79 Å². The number of hydrogen-bond acceptors (Lipinski definition) is 8. The number of rotatable bonds is 13. The molecule has 31 heavy (non-hydrogen) atoms. The maximum atomic E-state index is 12.7. The summed E-state index contributed by atoms with van der Waals surface area (Å²) in [5, 5.41) is 0.910. The second-order valence-corrected chi connectivity index (χ2v) is 9.70. The van der Waals surface area contributed by atoms with Crippen LogP contribution in [0.4, 0.5) is 0 Å². The smallest absolute Gasteiger partial charge is 0.335 e. The Hall–Kier alpha value is -1.80. The summed E-state index contributed by atoms with van der Waals surface area (Å²) in [7, 11) is -1.49. The molecule has 9 heteroatoms. The lowest BCUT2D eigenvalue weighted by Gasteiger charge is -2.17. The third-order valence-corrected chi connectivity index (χ3v) is 7.45. The van der Waals surface area contributed by atoms with Crippen LogP contribution in [0.15, 0.2) is 42.5 Å². The molecule has 168 valence electrons. The van der Waals surface area contributed by atoms with Crippen molar-refractivity contribution in [2.75, 3.05) is 40.3 Å². The summed E-state index contributed by atoms with van der Waals surface area (Å²) < 4.78 is 40.4. The maximum Gasteiger partial charge on any atom is 0.335 e. The molecule has 3 aromatic rings. The van der Waals surface area contributed by atoms with Crippen LogP contribution in [0.2, 0.25) is 0 Å². The lowest BCUT2D eigenvalue weighted by Crippen LogP contribution is -2.07. The monoisotopic (exact) mass is 465 g/mol. The molecule has 0 fully saturated rings. The van der Waals surface area contributed by atoms with Gasteiger partial charge in [0.05, 0.1) is 42.8 Å². The van der Waals surface area contributed by atoms with Crippen molar-refractivity contribution in [1.29, 1.82) is 0 Å². The van der Waals surface area contributed by atoms with E-state index in [0.29, 0.717) is 26.4 Å². The van der Waals surface area contributed by atoms with Crippen LogP contribution in [-0.4, -0.2) is 45.3 Å². The number of hydrogen-bond donors (Lipinski definition) is 0. The Bertz CT molecular complexity index is 997. The molecule has 0 amide bonds. The van der Waals surface area contributed by atoms with Crippen LogP contribution in [0, 0.1) is 0 Å². The molecule has 0 aliphatic rings. The number of nitrogens with zero attached hydrogens (tertiary/aromatic N) is 1.